The number of nitrogens with one attached hydrogen (secondary N) is 2. The molecule has 3 rings (SSSR count). The molecule has 0 saturated heterocycles. The van der Waals surface area contributed by atoms with E-state index in [1.807, 2.05) is 26.0 Å². The van der Waals surface area contributed by atoms with Gasteiger partial charge in [0.15, 0.2) is 17.6 Å². The Bertz CT molecular complexity index is 1040. The molecule has 0 bridgehead atoms. The summed E-state index contributed by atoms with van der Waals surface area (Å²) in [5, 5.41) is 2.62. The minimum absolute atomic E-state index is 0.109. The first-order valence-corrected chi connectivity index (χ1v) is 10.2. The number of hydrogen-bond donors (Lipinski definition) is 2. The molecule has 0 spiro atoms. The highest BCUT2D eigenvalue weighted by Crippen LogP contribution is 2.28. The molecule has 0 fully saturated rings. The fraction of sp³-hybridized carbons (Fsp3) is 0.278. The quantitative estimate of drug-likeness (QED) is 0.425. The first kappa shape index (κ1) is 20.3. The zero-order valence-electron chi connectivity index (χ0n) is 15.4. The van der Waals surface area contributed by atoms with Crippen molar-refractivity contribution in [2.75, 3.05) is 11.1 Å². The molecule has 1 atom stereocenters. The Morgan fingerprint density at radius 1 is 1.25 bits per heavy atom. The number of aromatic nitrogens is 4. The van der Waals surface area contributed by atoms with E-state index in [0.717, 1.165) is 20.5 Å². The second-order valence-electron chi connectivity index (χ2n) is 6.10. The second-order valence-corrected chi connectivity index (χ2v) is 7.97. The number of aromatic amines is 1. The normalized spacial score (nSPS) is 12.0. The molecule has 146 valence electrons. The fourth-order valence-electron chi connectivity index (χ4n) is 2.41. The van der Waals surface area contributed by atoms with E-state index in [-0.39, 0.29) is 11.6 Å². The number of benzene rings is 1. The number of carbonyl (C=O) groups excluding carboxylic acids is 2. The monoisotopic (exact) mass is 463 g/mol. The van der Waals surface area contributed by atoms with Crippen LogP contribution in [0, 0.1) is 13.8 Å². The van der Waals surface area contributed by atoms with Crippen LogP contribution >= 0.6 is 27.7 Å². The van der Waals surface area contributed by atoms with Gasteiger partial charge in [-0.05, 0) is 44.0 Å². The third-order valence-corrected chi connectivity index (χ3v) is 5.93. The molecular formula is C18H18BrN5O3S. The van der Waals surface area contributed by atoms with Crippen LogP contribution in [0.4, 0.5) is 5.82 Å². The van der Waals surface area contributed by atoms with E-state index in [9.17, 15) is 9.59 Å². The van der Waals surface area contributed by atoms with Gasteiger partial charge in [-0.15, -0.1) is 11.8 Å². The number of thioether (sulfide) groups is 1. The van der Waals surface area contributed by atoms with Crippen LogP contribution in [-0.4, -0.2) is 43.7 Å². The van der Waals surface area contributed by atoms with E-state index in [1.165, 1.54) is 31.3 Å². The molecule has 2 aromatic heterocycles. The lowest BCUT2D eigenvalue weighted by molar-refractivity contribution is -0.150. The molecule has 2 heterocycles. The van der Waals surface area contributed by atoms with Gasteiger partial charge < -0.3 is 15.0 Å². The number of rotatable bonds is 6. The molecular weight excluding hydrogens is 446 g/mol. The molecule has 28 heavy (non-hydrogen) atoms. The largest absolute Gasteiger partial charge is 0.452 e. The van der Waals surface area contributed by atoms with Crippen LogP contribution in [0.2, 0.25) is 0 Å². The van der Waals surface area contributed by atoms with Gasteiger partial charge in [-0.25, -0.2) is 15.0 Å². The van der Waals surface area contributed by atoms with E-state index < -0.39 is 18.0 Å². The summed E-state index contributed by atoms with van der Waals surface area (Å²) in [6, 6.07) is 4.02. The zero-order valence-corrected chi connectivity index (χ0v) is 17.8. The lowest BCUT2D eigenvalue weighted by atomic mass is 10.2. The summed E-state index contributed by atoms with van der Waals surface area (Å²) in [4.78, 5) is 40.3. The smallest absolute Gasteiger partial charge is 0.317 e. The molecule has 0 aliphatic rings. The molecule has 0 saturated carbocycles. The van der Waals surface area contributed by atoms with Crippen molar-refractivity contribution < 1.29 is 14.3 Å². The summed E-state index contributed by atoms with van der Waals surface area (Å²) < 4.78 is 6.27. The number of ether oxygens (including phenoxy) is 1. The van der Waals surface area contributed by atoms with Crippen molar-refractivity contribution in [3.8, 4) is 0 Å². The molecule has 1 aromatic carbocycles. The number of fused-ring (bicyclic) bond motifs is 1. The van der Waals surface area contributed by atoms with Gasteiger partial charge in [-0.1, -0.05) is 15.9 Å². The van der Waals surface area contributed by atoms with Crippen LogP contribution in [0.25, 0.3) is 11.2 Å². The number of amides is 1. The maximum Gasteiger partial charge on any atom is 0.317 e. The summed E-state index contributed by atoms with van der Waals surface area (Å²) in [7, 11) is 0. The van der Waals surface area contributed by atoms with Gasteiger partial charge in [0.05, 0.1) is 12.1 Å². The van der Waals surface area contributed by atoms with Gasteiger partial charge in [0, 0.05) is 9.37 Å². The van der Waals surface area contributed by atoms with Gasteiger partial charge in [-0.2, -0.15) is 0 Å². The van der Waals surface area contributed by atoms with Crippen LogP contribution in [-0.2, 0) is 14.3 Å². The predicted molar refractivity (Wildman–Crippen MR) is 110 cm³/mol. The Morgan fingerprint density at radius 2 is 2.04 bits per heavy atom. The molecule has 0 radical (unpaired) electrons. The molecule has 1 unspecified atom stereocenters. The van der Waals surface area contributed by atoms with E-state index >= 15 is 0 Å². The van der Waals surface area contributed by atoms with E-state index in [1.54, 1.807) is 0 Å². The molecule has 8 nitrogen and oxygen atoms in total. The minimum Gasteiger partial charge on any atom is -0.452 e. The van der Waals surface area contributed by atoms with Crippen molar-refractivity contribution >= 4 is 56.6 Å². The number of imidazole rings is 1. The highest BCUT2D eigenvalue weighted by atomic mass is 79.9. The lowest BCUT2D eigenvalue weighted by Gasteiger charge is -2.14. The highest BCUT2D eigenvalue weighted by Gasteiger charge is 2.20. The number of aryl methyl sites for hydroxylation is 2. The van der Waals surface area contributed by atoms with Crippen molar-refractivity contribution in [3.63, 3.8) is 0 Å². The number of esters is 1. The molecule has 3 aromatic rings. The third kappa shape index (κ3) is 4.68. The van der Waals surface area contributed by atoms with Crippen LogP contribution in [0.1, 0.15) is 18.1 Å². The van der Waals surface area contributed by atoms with Gasteiger partial charge in [-0.3, -0.25) is 9.59 Å². The van der Waals surface area contributed by atoms with Gasteiger partial charge >= 0.3 is 5.97 Å². The predicted octanol–water partition coefficient (Wildman–Crippen LogP) is 3.39. The minimum atomic E-state index is -0.964. The standard InChI is InChI=1S/C18H18BrN5O3S/c1-9-5-13(10(2)4-12(9)19)28-6-14(25)27-11(3)18(26)24-17-15-16(21-7-20-15)22-8-23-17/h4-5,7-8,11H,6H2,1-3H3,(H2,20,21,22,23,24,26). The van der Waals surface area contributed by atoms with Crippen LogP contribution < -0.4 is 5.32 Å². The van der Waals surface area contributed by atoms with Crippen molar-refractivity contribution in [2.24, 2.45) is 0 Å². The Labute approximate surface area is 174 Å². The Balaban J connectivity index is 1.56. The second kappa shape index (κ2) is 8.70. The topological polar surface area (TPSA) is 110 Å². The number of H-pyrrole nitrogens is 1. The van der Waals surface area contributed by atoms with Crippen molar-refractivity contribution in [1.82, 2.24) is 19.9 Å². The van der Waals surface area contributed by atoms with E-state index in [0.29, 0.717) is 11.2 Å². The van der Waals surface area contributed by atoms with Crippen molar-refractivity contribution in [1.29, 1.82) is 0 Å². The number of halogens is 1. The Morgan fingerprint density at radius 3 is 2.82 bits per heavy atom. The third-order valence-electron chi connectivity index (χ3n) is 3.94. The Hall–Kier alpha value is -2.46. The van der Waals surface area contributed by atoms with Gasteiger partial charge in [0.1, 0.15) is 11.8 Å². The van der Waals surface area contributed by atoms with Crippen molar-refractivity contribution in [2.45, 2.75) is 31.8 Å². The molecule has 0 aliphatic carbocycles. The number of hydrogen-bond acceptors (Lipinski definition) is 7. The first-order chi connectivity index (χ1) is 13.3. The first-order valence-electron chi connectivity index (χ1n) is 8.39. The molecule has 10 heteroatoms. The fourth-order valence-corrected chi connectivity index (χ4v) is 3.76. The maximum absolute atomic E-state index is 12.3. The summed E-state index contributed by atoms with van der Waals surface area (Å²) in [6.45, 7) is 5.48. The van der Waals surface area contributed by atoms with Gasteiger partial charge in [0.2, 0.25) is 0 Å². The average Bonchev–Trinajstić information content (AvgIpc) is 3.13. The van der Waals surface area contributed by atoms with Crippen LogP contribution in [0.3, 0.4) is 0 Å². The Kier molecular flexibility index (Phi) is 6.30. The zero-order chi connectivity index (χ0) is 20.3. The average molecular weight is 464 g/mol. The molecule has 1 amide bonds. The number of nitrogens with zero attached hydrogens (tertiary/aromatic N) is 3. The maximum atomic E-state index is 12.3. The highest BCUT2D eigenvalue weighted by molar-refractivity contribution is 9.10. The van der Waals surface area contributed by atoms with Gasteiger partial charge in [0.25, 0.3) is 5.91 Å². The summed E-state index contributed by atoms with van der Waals surface area (Å²) >= 11 is 4.87. The number of anilines is 1. The lowest BCUT2D eigenvalue weighted by Crippen LogP contribution is -2.31. The molecule has 0 aliphatic heterocycles. The number of carbonyl (C=O) groups is 2. The van der Waals surface area contributed by atoms with Crippen LogP contribution in [0.15, 0.2) is 34.2 Å². The van der Waals surface area contributed by atoms with Crippen LogP contribution in [0.5, 0.6) is 0 Å². The van der Waals surface area contributed by atoms with E-state index in [2.05, 4.69) is 41.2 Å². The summed E-state index contributed by atoms with van der Waals surface area (Å²) in [5.41, 5.74) is 3.09. The van der Waals surface area contributed by atoms with E-state index in [4.69, 9.17) is 4.74 Å². The summed E-state index contributed by atoms with van der Waals surface area (Å²) in [6.07, 6.45) is 1.80. The molecule has 2 N–H and O–H groups in total. The SMILES string of the molecule is Cc1cc(SCC(=O)OC(C)C(=O)Nc2ncnc3nc[nH]c23)c(C)cc1Br. The summed E-state index contributed by atoms with van der Waals surface area (Å²) in [5.74, 6) is -0.561. The van der Waals surface area contributed by atoms with Crippen molar-refractivity contribution in [3.05, 3.63) is 40.4 Å².